The molecule has 0 bridgehead atoms. The molecular weight excluding hydrogens is 540 g/mol. The zero-order valence-electron chi connectivity index (χ0n) is 25.7. The molecule has 2 saturated carbocycles. The lowest BCUT2D eigenvalue weighted by Crippen LogP contribution is -2.40. The Morgan fingerprint density at radius 1 is 1.02 bits per heavy atom. The summed E-state index contributed by atoms with van der Waals surface area (Å²) in [6.45, 7) is 8.62. The standard InChI is InChI=1S/C33H46N8O2/c1-20-14-16-23(17-15-20)19-41-27-29(35-22(3)24-12-7-13-24)37-31(28(34)36-33(42)43)38-30(27)39-32(41)40-18-8-9-21(2)26(40)25-10-5-4-6-11-25/h4-6,10-11,20-24,26H,7-9,12-19H2,1-3H3,(H2,34,36)(H,42,43)(H,35,37,38)/t20-,21?,22-,23-,26?/m1/s1. The molecule has 1 aliphatic heterocycles. The van der Waals surface area contributed by atoms with Gasteiger partial charge in [-0.15, -0.1) is 0 Å². The van der Waals surface area contributed by atoms with Crippen LogP contribution in [0.25, 0.3) is 11.2 Å². The van der Waals surface area contributed by atoms with Crippen LogP contribution in [-0.2, 0) is 6.54 Å². The number of aromatic nitrogens is 4. The topological polar surface area (TPSA) is 132 Å². The van der Waals surface area contributed by atoms with Gasteiger partial charge in [-0.1, -0.05) is 63.4 Å². The predicted octanol–water partition coefficient (Wildman–Crippen LogP) is 6.82. The van der Waals surface area contributed by atoms with E-state index in [1.807, 2.05) is 0 Å². The van der Waals surface area contributed by atoms with E-state index in [2.05, 4.69) is 71.2 Å². The van der Waals surface area contributed by atoms with Crippen LogP contribution >= 0.6 is 0 Å². The first kappa shape index (κ1) is 29.4. The molecule has 2 aliphatic carbocycles. The van der Waals surface area contributed by atoms with Gasteiger partial charge in [-0.2, -0.15) is 4.98 Å². The fraction of sp³-hybridized carbons (Fsp3) is 0.606. The summed E-state index contributed by atoms with van der Waals surface area (Å²) >= 11 is 0. The van der Waals surface area contributed by atoms with Gasteiger partial charge in [0.25, 0.3) is 0 Å². The number of benzene rings is 1. The molecule has 10 nitrogen and oxygen atoms in total. The van der Waals surface area contributed by atoms with Gasteiger partial charge in [0.1, 0.15) is 5.52 Å². The number of nitrogens with one attached hydrogen (secondary N) is 3. The molecule has 2 aromatic heterocycles. The molecule has 0 spiro atoms. The second-order valence-electron chi connectivity index (χ2n) is 13.3. The molecule has 3 atom stereocenters. The van der Waals surface area contributed by atoms with Crippen molar-refractivity contribution < 1.29 is 9.90 Å². The quantitative estimate of drug-likeness (QED) is 0.168. The average Bonchev–Trinajstić information content (AvgIpc) is 3.31. The Labute approximate surface area is 254 Å². The molecular formula is C33H46N8O2. The summed E-state index contributed by atoms with van der Waals surface area (Å²) in [6.07, 6.45) is 9.39. The highest BCUT2D eigenvalue weighted by atomic mass is 16.4. The molecule has 3 heterocycles. The monoisotopic (exact) mass is 586 g/mol. The van der Waals surface area contributed by atoms with Crippen molar-refractivity contribution in [1.82, 2.24) is 24.8 Å². The number of nitrogens with zero attached hydrogens (tertiary/aromatic N) is 5. The van der Waals surface area contributed by atoms with Crippen molar-refractivity contribution in [2.45, 2.75) is 97.2 Å². The van der Waals surface area contributed by atoms with Gasteiger partial charge in [-0.3, -0.25) is 10.7 Å². The average molecular weight is 587 g/mol. The fourth-order valence-corrected chi connectivity index (χ4v) is 7.41. The Hall–Kier alpha value is -3.69. The number of carboxylic acid groups (broad SMARTS) is 1. The highest BCUT2D eigenvalue weighted by Crippen LogP contribution is 2.42. The number of piperidine rings is 1. The van der Waals surface area contributed by atoms with E-state index >= 15 is 0 Å². The number of rotatable bonds is 8. The van der Waals surface area contributed by atoms with Crippen molar-refractivity contribution in [2.75, 3.05) is 16.8 Å². The number of fused-ring (bicyclic) bond motifs is 1. The lowest BCUT2D eigenvalue weighted by molar-refractivity contribution is 0.200. The Kier molecular flexibility index (Phi) is 8.54. The summed E-state index contributed by atoms with van der Waals surface area (Å²) in [6, 6.07) is 11.1. The van der Waals surface area contributed by atoms with E-state index in [9.17, 15) is 9.90 Å². The van der Waals surface area contributed by atoms with Crippen LogP contribution in [0.2, 0.25) is 0 Å². The van der Waals surface area contributed by atoms with Crippen LogP contribution in [0.1, 0.15) is 96.0 Å². The van der Waals surface area contributed by atoms with Crippen molar-refractivity contribution in [3.63, 3.8) is 0 Å². The number of carbonyl (C=O) groups is 1. The summed E-state index contributed by atoms with van der Waals surface area (Å²) in [5.74, 6) is 3.54. The maximum absolute atomic E-state index is 11.4. The second kappa shape index (κ2) is 12.5. The number of hydrogen-bond donors (Lipinski definition) is 4. The molecule has 6 rings (SSSR count). The van der Waals surface area contributed by atoms with Gasteiger partial charge >= 0.3 is 6.09 Å². The minimum atomic E-state index is -1.31. The lowest BCUT2D eigenvalue weighted by atomic mass is 9.80. The highest BCUT2D eigenvalue weighted by molar-refractivity contribution is 6.03. The Balaban J connectivity index is 1.50. The maximum Gasteiger partial charge on any atom is 0.410 e. The summed E-state index contributed by atoms with van der Waals surface area (Å²) in [5, 5.41) is 23.6. The number of imidazole rings is 1. The van der Waals surface area contributed by atoms with Gasteiger partial charge in [0.05, 0.1) is 6.04 Å². The van der Waals surface area contributed by atoms with Gasteiger partial charge < -0.3 is 19.9 Å². The zero-order valence-corrected chi connectivity index (χ0v) is 25.7. The molecule has 10 heteroatoms. The molecule has 2 unspecified atom stereocenters. The van der Waals surface area contributed by atoms with Crippen molar-refractivity contribution in [1.29, 1.82) is 5.41 Å². The molecule has 43 heavy (non-hydrogen) atoms. The van der Waals surface area contributed by atoms with Crippen LogP contribution in [0.3, 0.4) is 0 Å². The Bertz CT molecular complexity index is 1440. The Morgan fingerprint density at radius 3 is 2.44 bits per heavy atom. The fourth-order valence-electron chi connectivity index (χ4n) is 7.41. The smallest absolute Gasteiger partial charge is 0.410 e. The third kappa shape index (κ3) is 6.19. The Morgan fingerprint density at radius 2 is 1.77 bits per heavy atom. The minimum absolute atomic E-state index is 0.0347. The maximum atomic E-state index is 11.4. The van der Waals surface area contributed by atoms with Gasteiger partial charge in [0.15, 0.2) is 23.1 Å². The van der Waals surface area contributed by atoms with E-state index in [0.29, 0.717) is 29.2 Å². The summed E-state index contributed by atoms with van der Waals surface area (Å²) in [5.41, 5.74) is 2.65. The minimum Gasteiger partial charge on any atom is -0.465 e. The van der Waals surface area contributed by atoms with Crippen LogP contribution in [0.4, 0.5) is 16.6 Å². The summed E-state index contributed by atoms with van der Waals surface area (Å²) in [4.78, 5) is 28.6. The summed E-state index contributed by atoms with van der Waals surface area (Å²) < 4.78 is 2.36. The number of hydrogen-bond acceptors (Lipinski definition) is 7. The SMILES string of the molecule is CC1CCCN(c2nc3nc(C(=N)NC(=O)O)nc(N[C@H](C)C4CCC4)c3n2C[C@H]2CC[C@H](C)CC2)C1c1ccccc1. The third-order valence-corrected chi connectivity index (χ3v) is 10.2. The largest absolute Gasteiger partial charge is 0.465 e. The van der Waals surface area contributed by atoms with Gasteiger partial charge in [0.2, 0.25) is 5.95 Å². The van der Waals surface area contributed by atoms with Crippen molar-refractivity contribution in [3.8, 4) is 0 Å². The van der Waals surface area contributed by atoms with Crippen molar-refractivity contribution >= 4 is 34.9 Å². The van der Waals surface area contributed by atoms with Gasteiger partial charge in [0, 0.05) is 19.1 Å². The number of anilines is 2. The van der Waals surface area contributed by atoms with Crippen LogP contribution in [-0.4, -0.2) is 49.1 Å². The number of amidine groups is 1. The first-order valence-corrected chi connectivity index (χ1v) is 16.2. The lowest BCUT2D eigenvalue weighted by Gasteiger charge is -2.41. The van der Waals surface area contributed by atoms with Crippen LogP contribution in [0, 0.1) is 29.1 Å². The molecule has 3 fully saturated rings. The van der Waals surface area contributed by atoms with E-state index in [-0.39, 0.29) is 23.7 Å². The number of amides is 1. The molecule has 1 saturated heterocycles. The molecule has 230 valence electrons. The van der Waals surface area contributed by atoms with Crippen LogP contribution in [0.15, 0.2) is 30.3 Å². The second-order valence-corrected chi connectivity index (χ2v) is 13.3. The summed E-state index contributed by atoms with van der Waals surface area (Å²) in [7, 11) is 0. The van der Waals surface area contributed by atoms with E-state index in [4.69, 9.17) is 20.4 Å². The van der Waals surface area contributed by atoms with E-state index in [0.717, 1.165) is 43.3 Å². The molecule has 3 aromatic rings. The normalized spacial score (nSPS) is 25.2. The van der Waals surface area contributed by atoms with Gasteiger partial charge in [-0.05, 0) is 74.7 Å². The molecule has 0 radical (unpaired) electrons. The first-order chi connectivity index (χ1) is 20.8. The zero-order chi connectivity index (χ0) is 30.1. The highest BCUT2D eigenvalue weighted by Gasteiger charge is 2.35. The molecule has 3 aliphatic rings. The molecule has 1 amide bonds. The third-order valence-electron chi connectivity index (χ3n) is 10.2. The van der Waals surface area contributed by atoms with E-state index in [1.54, 1.807) is 0 Å². The molecule has 4 N–H and O–H groups in total. The van der Waals surface area contributed by atoms with Crippen molar-refractivity contribution in [3.05, 3.63) is 41.7 Å². The van der Waals surface area contributed by atoms with E-state index < -0.39 is 6.09 Å². The molecule has 1 aromatic carbocycles. The first-order valence-electron chi connectivity index (χ1n) is 16.2. The van der Waals surface area contributed by atoms with Crippen LogP contribution < -0.4 is 15.5 Å². The van der Waals surface area contributed by atoms with Crippen LogP contribution in [0.5, 0.6) is 0 Å². The predicted molar refractivity (Wildman–Crippen MR) is 170 cm³/mol. The van der Waals surface area contributed by atoms with E-state index in [1.165, 1.54) is 50.5 Å². The van der Waals surface area contributed by atoms with Crippen molar-refractivity contribution in [2.24, 2.45) is 23.7 Å². The van der Waals surface area contributed by atoms with Gasteiger partial charge in [-0.25, -0.2) is 14.8 Å².